The van der Waals surface area contributed by atoms with E-state index in [1.54, 1.807) is 0 Å². The van der Waals surface area contributed by atoms with Crippen LogP contribution in [0.2, 0.25) is 5.02 Å². The fraction of sp³-hybridized carbons (Fsp3) is 0.316. The molecule has 0 aliphatic heterocycles. The molecule has 0 aliphatic rings. The molecule has 2 aromatic carbocycles. The molecule has 2 aromatic rings. The van der Waals surface area contributed by atoms with Gasteiger partial charge in [-0.3, -0.25) is 0 Å². The van der Waals surface area contributed by atoms with Gasteiger partial charge >= 0.3 is 0 Å². The van der Waals surface area contributed by atoms with E-state index in [1.807, 2.05) is 36.4 Å². The molecule has 0 aromatic heterocycles. The largest absolute Gasteiger partial charge is 0.494 e. The first kappa shape index (κ1) is 16.4. The Morgan fingerprint density at radius 2 is 1.91 bits per heavy atom. The van der Waals surface area contributed by atoms with Crippen LogP contribution < -0.4 is 4.74 Å². The third-order valence-corrected chi connectivity index (χ3v) is 3.98. The van der Waals surface area contributed by atoms with Crippen LogP contribution in [0.5, 0.6) is 5.75 Å². The molecule has 0 fully saturated rings. The number of benzene rings is 2. The lowest BCUT2D eigenvalue weighted by molar-refractivity contribution is 0.305. The van der Waals surface area contributed by atoms with Crippen LogP contribution in [0.3, 0.4) is 0 Å². The molecule has 0 spiro atoms. The van der Waals surface area contributed by atoms with Crippen molar-refractivity contribution in [3.8, 4) is 11.8 Å². The molecule has 1 unspecified atom stereocenters. The van der Waals surface area contributed by atoms with Gasteiger partial charge in [0.2, 0.25) is 0 Å². The van der Waals surface area contributed by atoms with Gasteiger partial charge in [-0.15, -0.1) is 0 Å². The normalized spacial score (nSPS) is 12.0. The Kier molecular flexibility index (Phi) is 5.86. The lowest BCUT2D eigenvalue weighted by atomic mass is 9.97. The number of hydrogen-bond acceptors (Lipinski definition) is 2. The molecule has 0 N–H and O–H groups in total. The molecule has 22 heavy (non-hydrogen) atoms. The molecule has 114 valence electrons. The molecule has 2 rings (SSSR count). The number of rotatable bonds is 6. The van der Waals surface area contributed by atoms with Crippen LogP contribution >= 0.6 is 11.6 Å². The van der Waals surface area contributed by atoms with E-state index in [1.165, 1.54) is 5.56 Å². The summed E-state index contributed by atoms with van der Waals surface area (Å²) in [4.78, 5) is 0. The Morgan fingerprint density at radius 3 is 2.59 bits per heavy atom. The summed E-state index contributed by atoms with van der Waals surface area (Å²) in [5.74, 6) is 1.07. The Morgan fingerprint density at radius 1 is 1.14 bits per heavy atom. The molecule has 0 amide bonds. The van der Waals surface area contributed by atoms with Crippen LogP contribution in [0, 0.1) is 11.3 Å². The summed E-state index contributed by atoms with van der Waals surface area (Å²) in [6.45, 7) is 4.80. The molecule has 0 aliphatic carbocycles. The minimum absolute atomic E-state index is 0.248. The lowest BCUT2D eigenvalue weighted by Crippen LogP contribution is -2.05. The van der Waals surface area contributed by atoms with Gasteiger partial charge in [0.05, 0.1) is 18.6 Å². The smallest absolute Gasteiger partial charge is 0.119 e. The summed E-state index contributed by atoms with van der Waals surface area (Å²) in [5, 5.41) is 9.99. The van der Waals surface area contributed by atoms with Crippen molar-refractivity contribution in [3.05, 3.63) is 64.7 Å². The third-order valence-electron chi connectivity index (χ3n) is 3.64. The summed E-state index contributed by atoms with van der Waals surface area (Å²) >= 11 is 6.16. The van der Waals surface area contributed by atoms with Gasteiger partial charge in [0.15, 0.2) is 0 Å². The molecule has 0 saturated heterocycles. The standard InChI is InChI=1S/C19H20ClNO/c1-14(2)15-6-5-7-17(12-15)22-11-10-16(13-21)18-8-3-4-9-19(18)20/h3-9,12,14,16H,10-11H2,1-2H3. The quantitative estimate of drug-likeness (QED) is 0.701. The summed E-state index contributed by atoms with van der Waals surface area (Å²) in [7, 11) is 0. The number of nitriles is 1. The first-order valence-corrected chi connectivity index (χ1v) is 7.86. The van der Waals surface area contributed by atoms with Crippen molar-refractivity contribution in [3.63, 3.8) is 0 Å². The van der Waals surface area contributed by atoms with E-state index in [0.29, 0.717) is 24.0 Å². The van der Waals surface area contributed by atoms with Crippen molar-refractivity contribution in [2.24, 2.45) is 0 Å². The van der Waals surface area contributed by atoms with E-state index in [4.69, 9.17) is 16.3 Å². The summed E-state index contributed by atoms with van der Waals surface area (Å²) in [6, 6.07) is 17.9. The summed E-state index contributed by atoms with van der Waals surface area (Å²) in [6.07, 6.45) is 0.617. The van der Waals surface area contributed by atoms with E-state index in [-0.39, 0.29) is 5.92 Å². The lowest BCUT2D eigenvalue weighted by Gasteiger charge is -2.13. The zero-order valence-corrected chi connectivity index (χ0v) is 13.7. The van der Waals surface area contributed by atoms with E-state index in [2.05, 4.69) is 32.0 Å². The second kappa shape index (κ2) is 7.87. The Balaban J connectivity index is 1.97. The number of halogens is 1. The first-order chi connectivity index (χ1) is 10.6. The number of hydrogen-bond donors (Lipinski definition) is 0. The van der Waals surface area contributed by atoms with Crippen molar-refractivity contribution in [1.82, 2.24) is 0 Å². The average Bonchev–Trinajstić information content (AvgIpc) is 2.53. The number of nitrogens with zero attached hydrogens (tertiary/aromatic N) is 1. The first-order valence-electron chi connectivity index (χ1n) is 7.48. The average molecular weight is 314 g/mol. The maximum atomic E-state index is 9.35. The summed E-state index contributed by atoms with van der Waals surface area (Å²) in [5.41, 5.74) is 2.12. The van der Waals surface area contributed by atoms with Gasteiger partial charge in [0, 0.05) is 11.4 Å². The van der Waals surface area contributed by atoms with Crippen LogP contribution in [0.1, 0.15) is 43.2 Å². The van der Waals surface area contributed by atoms with E-state index < -0.39 is 0 Å². The molecule has 0 radical (unpaired) electrons. The van der Waals surface area contributed by atoms with Gasteiger partial charge in [-0.05, 0) is 35.2 Å². The van der Waals surface area contributed by atoms with E-state index in [0.717, 1.165) is 11.3 Å². The maximum absolute atomic E-state index is 9.35. The topological polar surface area (TPSA) is 33.0 Å². The van der Waals surface area contributed by atoms with Gasteiger partial charge in [-0.1, -0.05) is 55.8 Å². The maximum Gasteiger partial charge on any atom is 0.119 e. The zero-order valence-electron chi connectivity index (χ0n) is 12.9. The highest BCUT2D eigenvalue weighted by Crippen LogP contribution is 2.27. The minimum Gasteiger partial charge on any atom is -0.494 e. The van der Waals surface area contributed by atoms with Crippen LogP contribution in [-0.4, -0.2) is 6.61 Å². The van der Waals surface area contributed by atoms with Gasteiger partial charge in [0.25, 0.3) is 0 Å². The second-order valence-electron chi connectivity index (χ2n) is 5.57. The van der Waals surface area contributed by atoms with Crippen LogP contribution in [-0.2, 0) is 0 Å². The predicted molar refractivity (Wildman–Crippen MR) is 90.4 cm³/mol. The molecular formula is C19H20ClNO. The molecular weight excluding hydrogens is 294 g/mol. The van der Waals surface area contributed by atoms with E-state index >= 15 is 0 Å². The van der Waals surface area contributed by atoms with Crippen molar-refractivity contribution in [2.45, 2.75) is 32.1 Å². The zero-order chi connectivity index (χ0) is 15.9. The molecule has 0 heterocycles. The molecule has 3 heteroatoms. The highest BCUT2D eigenvalue weighted by Gasteiger charge is 2.14. The molecule has 2 nitrogen and oxygen atoms in total. The molecule has 0 saturated carbocycles. The predicted octanol–water partition coefficient (Wildman–Crippen LogP) is 5.54. The van der Waals surface area contributed by atoms with Gasteiger partial charge in [-0.25, -0.2) is 0 Å². The van der Waals surface area contributed by atoms with E-state index in [9.17, 15) is 5.26 Å². The van der Waals surface area contributed by atoms with Crippen LogP contribution in [0.15, 0.2) is 48.5 Å². The Labute approximate surface area is 137 Å². The second-order valence-corrected chi connectivity index (χ2v) is 5.97. The molecule has 1 atom stereocenters. The van der Waals surface area contributed by atoms with Crippen LogP contribution in [0.25, 0.3) is 0 Å². The minimum atomic E-state index is -0.248. The monoisotopic (exact) mass is 313 g/mol. The van der Waals surface area contributed by atoms with Crippen molar-refractivity contribution in [2.75, 3.05) is 6.61 Å². The fourth-order valence-electron chi connectivity index (χ4n) is 2.31. The van der Waals surface area contributed by atoms with Crippen LogP contribution in [0.4, 0.5) is 0 Å². The number of ether oxygens (including phenoxy) is 1. The highest BCUT2D eigenvalue weighted by molar-refractivity contribution is 6.31. The SMILES string of the molecule is CC(C)c1cccc(OCCC(C#N)c2ccccc2Cl)c1. The van der Waals surface area contributed by atoms with Gasteiger partial charge in [-0.2, -0.15) is 5.26 Å². The Hall–Kier alpha value is -1.98. The van der Waals surface area contributed by atoms with Crippen molar-refractivity contribution < 1.29 is 4.74 Å². The fourth-order valence-corrected chi connectivity index (χ4v) is 2.57. The highest BCUT2D eigenvalue weighted by atomic mass is 35.5. The van der Waals surface area contributed by atoms with Crippen molar-refractivity contribution >= 4 is 11.6 Å². The Bertz CT molecular complexity index is 660. The summed E-state index contributed by atoms with van der Waals surface area (Å²) < 4.78 is 5.80. The third kappa shape index (κ3) is 4.26. The van der Waals surface area contributed by atoms with Gasteiger partial charge in [0.1, 0.15) is 5.75 Å². The van der Waals surface area contributed by atoms with Gasteiger partial charge < -0.3 is 4.74 Å². The van der Waals surface area contributed by atoms with Crippen molar-refractivity contribution in [1.29, 1.82) is 5.26 Å². The molecule has 0 bridgehead atoms.